The van der Waals surface area contributed by atoms with Gasteiger partial charge < -0.3 is 14.5 Å². The van der Waals surface area contributed by atoms with Crippen LogP contribution < -0.4 is 10.4 Å². The second-order valence-corrected chi connectivity index (χ2v) is 9.57. The third kappa shape index (κ3) is 3.92. The molecule has 2 aliphatic heterocycles. The number of ether oxygens (including phenoxy) is 1. The van der Waals surface area contributed by atoms with Gasteiger partial charge in [0.1, 0.15) is 11.4 Å². The van der Waals surface area contributed by atoms with Crippen molar-refractivity contribution in [3.05, 3.63) is 85.0 Å². The van der Waals surface area contributed by atoms with E-state index in [0.29, 0.717) is 59.2 Å². The third-order valence-electron chi connectivity index (χ3n) is 6.33. The first-order valence-corrected chi connectivity index (χ1v) is 12.0. The van der Waals surface area contributed by atoms with Gasteiger partial charge in [0.2, 0.25) is 0 Å². The molecule has 3 aromatic rings. The Bertz CT molecular complexity index is 1350. The monoisotopic (exact) mass is 544 g/mol. The van der Waals surface area contributed by atoms with Gasteiger partial charge in [-0.1, -0.05) is 23.7 Å². The van der Waals surface area contributed by atoms with Crippen LogP contribution in [0.4, 0.5) is 0 Å². The molecule has 5 rings (SSSR count). The second-order valence-electron chi connectivity index (χ2n) is 8.31. The highest BCUT2D eigenvalue weighted by Crippen LogP contribution is 2.26. The van der Waals surface area contributed by atoms with E-state index in [1.807, 2.05) is 24.3 Å². The molecule has 0 bridgehead atoms. The number of rotatable bonds is 4. The molecule has 3 heterocycles. The van der Waals surface area contributed by atoms with Crippen molar-refractivity contribution in [1.82, 2.24) is 18.9 Å². The Balaban J connectivity index is 1.41. The van der Waals surface area contributed by atoms with Crippen molar-refractivity contribution in [1.29, 1.82) is 0 Å². The average molecular weight is 546 g/mol. The number of halogens is 2. The van der Waals surface area contributed by atoms with Gasteiger partial charge in [0.05, 0.1) is 24.4 Å². The molecule has 0 saturated heterocycles. The Morgan fingerprint density at radius 3 is 2.47 bits per heavy atom. The summed E-state index contributed by atoms with van der Waals surface area (Å²) >= 11 is 9.51. The minimum absolute atomic E-state index is 0.187. The van der Waals surface area contributed by atoms with Gasteiger partial charge in [-0.2, -0.15) is 0 Å². The molecule has 0 saturated carbocycles. The quantitative estimate of drug-likeness (QED) is 0.504. The number of nitrogens with zero attached hydrogens (tertiary/aromatic N) is 4. The van der Waals surface area contributed by atoms with Crippen LogP contribution in [0, 0.1) is 0 Å². The topological polar surface area (TPSA) is 76.8 Å². The van der Waals surface area contributed by atoms with E-state index in [1.54, 1.807) is 44.2 Å². The molecule has 0 radical (unpaired) electrons. The number of hydrogen-bond acceptors (Lipinski definition) is 4. The summed E-state index contributed by atoms with van der Waals surface area (Å²) in [6.45, 7) is 2.21. The Morgan fingerprint density at radius 1 is 1.03 bits per heavy atom. The number of fused-ring (bicyclic) bond motifs is 3. The van der Waals surface area contributed by atoms with Crippen molar-refractivity contribution in [2.45, 2.75) is 26.2 Å². The van der Waals surface area contributed by atoms with Crippen LogP contribution in [0.2, 0.25) is 5.02 Å². The fourth-order valence-corrected chi connectivity index (χ4v) is 4.94. The molecule has 2 aromatic carbocycles. The molecular formula is C24H22BrClN4O4. The Kier molecular flexibility index (Phi) is 5.99. The summed E-state index contributed by atoms with van der Waals surface area (Å²) in [4.78, 5) is 43.0. The third-order valence-corrected chi connectivity index (χ3v) is 7.57. The van der Waals surface area contributed by atoms with E-state index in [2.05, 4.69) is 15.9 Å². The number of hydrogen-bond donors (Lipinski definition) is 0. The highest BCUT2D eigenvalue weighted by molar-refractivity contribution is 9.10. The number of imidazole rings is 1. The molecule has 34 heavy (non-hydrogen) atoms. The molecule has 0 unspecified atom stereocenters. The summed E-state index contributed by atoms with van der Waals surface area (Å²) in [6.07, 6.45) is 0. The van der Waals surface area contributed by atoms with E-state index in [1.165, 1.54) is 0 Å². The van der Waals surface area contributed by atoms with Gasteiger partial charge >= 0.3 is 5.69 Å². The van der Waals surface area contributed by atoms with Crippen LogP contribution in [0.3, 0.4) is 0 Å². The van der Waals surface area contributed by atoms with Gasteiger partial charge in [-0.3, -0.25) is 18.7 Å². The second kappa shape index (κ2) is 8.96. The minimum atomic E-state index is -0.200. The van der Waals surface area contributed by atoms with Crippen molar-refractivity contribution in [2.75, 3.05) is 20.2 Å². The maximum absolute atomic E-state index is 13.5. The number of methoxy groups -OCH3 is 1. The first kappa shape index (κ1) is 22.7. The number of carbonyl (C=O) groups excluding carboxylic acids is 2. The Labute approximate surface area is 209 Å². The van der Waals surface area contributed by atoms with E-state index < -0.39 is 0 Å². The zero-order valence-electron chi connectivity index (χ0n) is 18.5. The summed E-state index contributed by atoms with van der Waals surface area (Å²) in [5, 5.41) is 0.449. The lowest BCUT2D eigenvalue weighted by molar-refractivity contribution is 0.0667. The van der Waals surface area contributed by atoms with E-state index in [0.717, 1.165) is 11.3 Å². The highest BCUT2D eigenvalue weighted by atomic mass is 79.9. The van der Waals surface area contributed by atoms with Gasteiger partial charge in [0.25, 0.3) is 11.8 Å². The van der Waals surface area contributed by atoms with Gasteiger partial charge in [-0.15, -0.1) is 0 Å². The molecule has 10 heteroatoms. The lowest BCUT2D eigenvalue weighted by atomic mass is 10.1. The SMILES string of the molecule is COc1ccc(CN2CCn3c(c4n(c3=O)CCN(C(=O)c3ccc(Br)c(Cl)c3)C4)C2=O)cc1. The normalized spacial score (nSPS) is 15.2. The van der Waals surface area contributed by atoms with Crippen molar-refractivity contribution in [2.24, 2.45) is 0 Å². The van der Waals surface area contributed by atoms with Crippen LogP contribution in [0.15, 0.2) is 51.7 Å². The van der Waals surface area contributed by atoms with Crippen LogP contribution in [0.5, 0.6) is 5.75 Å². The highest BCUT2D eigenvalue weighted by Gasteiger charge is 2.35. The molecule has 0 N–H and O–H groups in total. The van der Waals surface area contributed by atoms with Crippen LogP contribution in [0.1, 0.15) is 32.1 Å². The molecular weight excluding hydrogens is 524 g/mol. The molecule has 1 aromatic heterocycles. The summed E-state index contributed by atoms with van der Waals surface area (Å²) in [5.41, 5.74) is 2.20. The lowest BCUT2D eigenvalue weighted by Crippen LogP contribution is -2.42. The van der Waals surface area contributed by atoms with Crippen molar-refractivity contribution in [3.8, 4) is 5.75 Å². The first-order valence-electron chi connectivity index (χ1n) is 10.9. The van der Waals surface area contributed by atoms with Crippen molar-refractivity contribution >= 4 is 39.3 Å². The molecule has 0 atom stereocenters. The number of carbonyl (C=O) groups is 2. The molecule has 2 aliphatic rings. The zero-order valence-corrected chi connectivity index (χ0v) is 20.8. The van der Waals surface area contributed by atoms with Gasteiger partial charge in [0, 0.05) is 42.8 Å². The van der Waals surface area contributed by atoms with Crippen LogP contribution in [-0.2, 0) is 26.2 Å². The summed E-state index contributed by atoms with van der Waals surface area (Å²) in [5.74, 6) is 0.362. The van der Waals surface area contributed by atoms with Crippen molar-refractivity contribution in [3.63, 3.8) is 0 Å². The Morgan fingerprint density at radius 2 is 1.76 bits per heavy atom. The van der Waals surface area contributed by atoms with Crippen LogP contribution in [0.25, 0.3) is 0 Å². The van der Waals surface area contributed by atoms with E-state index in [4.69, 9.17) is 16.3 Å². The summed E-state index contributed by atoms with van der Waals surface area (Å²) in [6, 6.07) is 12.6. The van der Waals surface area contributed by atoms with E-state index in [9.17, 15) is 14.4 Å². The first-order chi connectivity index (χ1) is 16.4. The smallest absolute Gasteiger partial charge is 0.329 e. The standard InChI is InChI=1S/C24H22BrClN4O4/c1-34-17-5-2-15(3-6-17)13-27-9-11-30-21(23(27)32)20-14-28(8-10-29(20)24(30)33)22(31)16-4-7-18(25)19(26)12-16/h2-7,12H,8-11,13-14H2,1H3. The lowest BCUT2D eigenvalue weighted by Gasteiger charge is -2.31. The zero-order chi connectivity index (χ0) is 24.0. The van der Waals surface area contributed by atoms with Gasteiger partial charge in [-0.25, -0.2) is 4.79 Å². The molecule has 0 fully saturated rings. The van der Waals surface area contributed by atoms with Gasteiger partial charge in [-0.05, 0) is 51.8 Å². The van der Waals surface area contributed by atoms with Crippen LogP contribution in [-0.4, -0.2) is 50.9 Å². The largest absolute Gasteiger partial charge is 0.497 e. The fourth-order valence-electron chi connectivity index (χ4n) is 4.52. The fraction of sp³-hybridized carbons (Fsp3) is 0.292. The Hall–Kier alpha value is -3.04. The number of aromatic nitrogens is 2. The number of amides is 2. The number of benzene rings is 2. The predicted octanol–water partition coefficient (Wildman–Crippen LogP) is 3.39. The molecule has 2 amide bonds. The predicted molar refractivity (Wildman–Crippen MR) is 130 cm³/mol. The van der Waals surface area contributed by atoms with Crippen LogP contribution >= 0.6 is 27.5 Å². The molecule has 0 aliphatic carbocycles. The van der Waals surface area contributed by atoms with Gasteiger partial charge in [0.15, 0.2) is 0 Å². The minimum Gasteiger partial charge on any atom is -0.497 e. The van der Waals surface area contributed by atoms with E-state index in [-0.39, 0.29) is 24.0 Å². The molecule has 176 valence electrons. The maximum atomic E-state index is 13.5. The van der Waals surface area contributed by atoms with E-state index >= 15 is 0 Å². The molecule has 0 spiro atoms. The molecule has 8 nitrogen and oxygen atoms in total. The maximum Gasteiger partial charge on any atom is 0.329 e. The van der Waals surface area contributed by atoms with Crippen molar-refractivity contribution < 1.29 is 14.3 Å². The summed E-state index contributed by atoms with van der Waals surface area (Å²) in [7, 11) is 1.61. The summed E-state index contributed by atoms with van der Waals surface area (Å²) < 4.78 is 9.09. The average Bonchev–Trinajstić information content (AvgIpc) is 3.14.